The van der Waals surface area contributed by atoms with Crippen molar-refractivity contribution in [3.05, 3.63) is 104 Å². The highest BCUT2D eigenvalue weighted by Gasteiger charge is 2.14. The Morgan fingerprint density at radius 2 is 1.70 bits per heavy atom. The maximum atomic E-state index is 12.5. The van der Waals surface area contributed by atoms with Crippen molar-refractivity contribution in [1.29, 1.82) is 0 Å². The Labute approximate surface area is 199 Å². The zero-order valence-corrected chi connectivity index (χ0v) is 19.0. The summed E-state index contributed by atoms with van der Waals surface area (Å²) in [6, 6.07) is 16.6. The van der Waals surface area contributed by atoms with Gasteiger partial charge in [0.1, 0.15) is 18.9 Å². The fourth-order valence-electron chi connectivity index (χ4n) is 3.08. The van der Waals surface area contributed by atoms with Gasteiger partial charge in [0.25, 0.3) is 5.56 Å². The van der Waals surface area contributed by atoms with Gasteiger partial charge >= 0.3 is 5.97 Å². The third-order valence-electron chi connectivity index (χ3n) is 4.73. The molecule has 0 bridgehead atoms. The van der Waals surface area contributed by atoms with Crippen LogP contribution in [0.3, 0.4) is 0 Å². The van der Waals surface area contributed by atoms with Crippen molar-refractivity contribution in [1.82, 2.24) is 9.38 Å². The SMILES string of the molecule is COc1cc(C(=O)OCc2cc(=O)n3cc(Cl)ccc3n2)ccc1OCc1ccc(Cl)cc1. The first-order valence-electron chi connectivity index (χ1n) is 9.83. The summed E-state index contributed by atoms with van der Waals surface area (Å²) in [7, 11) is 1.48. The first-order chi connectivity index (χ1) is 15.9. The van der Waals surface area contributed by atoms with Gasteiger partial charge in [0.05, 0.1) is 23.4 Å². The van der Waals surface area contributed by atoms with Gasteiger partial charge in [-0.1, -0.05) is 35.3 Å². The molecule has 7 nitrogen and oxygen atoms in total. The second-order valence-corrected chi connectivity index (χ2v) is 7.89. The Balaban J connectivity index is 1.43. The smallest absolute Gasteiger partial charge is 0.338 e. The second-order valence-electron chi connectivity index (χ2n) is 7.02. The molecule has 168 valence electrons. The van der Waals surface area contributed by atoms with Gasteiger partial charge in [-0.3, -0.25) is 9.20 Å². The molecule has 0 spiro atoms. The van der Waals surface area contributed by atoms with E-state index in [1.165, 1.54) is 29.8 Å². The van der Waals surface area contributed by atoms with Crippen LogP contribution >= 0.6 is 23.2 Å². The highest BCUT2D eigenvalue weighted by molar-refractivity contribution is 6.30. The highest BCUT2D eigenvalue weighted by Crippen LogP contribution is 2.29. The molecule has 0 aliphatic carbocycles. The van der Waals surface area contributed by atoms with Crippen LogP contribution in [0.15, 0.2) is 71.7 Å². The van der Waals surface area contributed by atoms with E-state index in [-0.39, 0.29) is 17.7 Å². The van der Waals surface area contributed by atoms with Crippen molar-refractivity contribution in [2.45, 2.75) is 13.2 Å². The first-order valence-corrected chi connectivity index (χ1v) is 10.6. The van der Waals surface area contributed by atoms with E-state index in [2.05, 4.69) is 4.98 Å². The number of benzene rings is 2. The zero-order valence-electron chi connectivity index (χ0n) is 17.5. The largest absolute Gasteiger partial charge is 0.493 e. The number of aromatic nitrogens is 2. The molecule has 0 amide bonds. The van der Waals surface area contributed by atoms with E-state index < -0.39 is 5.97 Å². The summed E-state index contributed by atoms with van der Waals surface area (Å²) in [5.74, 6) is 0.278. The number of hydrogen-bond acceptors (Lipinski definition) is 6. The minimum atomic E-state index is -0.587. The number of nitrogens with zero attached hydrogens (tertiary/aromatic N) is 2. The lowest BCUT2D eigenvalue weighted by atomic mass is 10.2. The number of rotatable bonds is 7. The highest BCUT2D eigenvalue weighted by atomic mass is 35.5. The molecule has 0 aliphatic rings. The Kier molecular flexibility index (Phi) is 6.82. The maximum absolute atomic E-state index is 12.5. The molecule has 0 saturated carbocycles. The first kappa shape index (κ1) is 22.6. The number of carbonyl (C=O) groups is 1. The van der Waals surface area contributed by atoms with Crippen LogP contribution in [0.4, 0.5) is 0 Å². The molecule has 33 heavy (non-hydrogen) atoms. The van der Waals surface area contributed by atoms with Crippen LogP contribution < -0.4 is 15.0 Å². The lowest BCUT2D eigenvalue weighted by Crippen LogP contribution is -2.16. The van der Waals surface area contributed by atoms with E-state index in [9.17, 15) is 9.59 Å². The predicted octanol–water partition coefficient (Wildman–Crippen LogP) is 4.95. The number of esters is 1. The molecule has 0 N–H and O–H groups in total. The van der Waals surface area contributed by atoms with Gasteiger partial charge < -0.3 is 14.2 Å². The molecule has 0 fully saturated rings. The number of halogens is 2. The van der Waals surface area contributed by atoms with Crippen molar-refractivity contribution in [2.24, 2.45) is 0 Å². The van der Waals surface area contributed by atoms with E-state index in [0.29, 0.717) is 39.5 Å². The molecule has 2 aromatic carbocycles. The van der Waals surface area contributed by atoms with Crippen LogP contribution in [0, 0.1) is 0 Å². The third kappa shape index (κ3) is 5.45. The summed E-state index contributed by atoms with van der Waals surface area (Å²) < 4.78 is 17.8. The van der Waals surface area contributed by atoms with Crippen molar-refractivity contribution in [3.63, 3.8) is 0 Å². The number of methoxy groups -OCH3 is 1. The summed E-state index contributed by atoms with van der Waals surface area (Å²) in [6.07, 6.45) is 1.48. The van der Waals surface area contributed by atoms with Gasteiger partial charge in [-0.15, -0.1) is 0 Å². The van der Waals surface area contributed by atoms with Crippen LogP contribution in [0.2, 0.25) is 10.0 Å². The van der Waals surface area contributed by atoms with E-state index >= 15 is 0 Å². The van der Waals surface area contributed by atoms with Crippen LogP contribution in [0.1, 0.15) is 21.6 Å². The van der Waals surface area contributed by atoms with Gasteiger partial charge in [0.2, 0.25) is 0 Å². The van der Waals surface area contributed by atoms with Crippen molar-refractivity contribution >= 4 is 34.8 Å². The number of pyridine rings is 1. The van der Waals surface area contributed by atoms with Crippen LogP contribution in [0.25, 0.3) is 5.65 Å². The number of ether oxygens (including phenoxy) is 3. The van der Waals surface area contributed by atoms with E-state index in [1.807, 2.05) is 12.1 Å². The van der Waals surface area contributed by atoms with Gasteiger partial charge in [0.15, 0.2) is 11.5 Å². The Morgan fingerprint density at radius 1 is 0.939 bits per heavy atom. The second kappa shape index (κ2) is 9.94. The van der Waals surface area contributed by atoms with Crippen molar-refractivity contribution in [3.8, 4) is 11.5 Å². The van der Waals surface area contributed by atoms with Gasteiger partial charge in [-0.2, -0.15) is 0 Å². The molecule has 4 rings (SSSR count). The fourth-order valence-corrected chi connectivity index (χ4v) is 3.36. The average molecular weight is 485 g/mol. The minimum Gasteiger partial charge on any atom is -0.493 e. The molecule has 0 unspecified atom stereocenters. The summed E-state index contributed by atoms with van der Waals surface area (Å²) in [6.45, 7) is 0.149. The Bertz CT molecular complexity index is 1370. The summed E-state index contributed by atoms with van der Waals surface area (Å²) in [4.78, 5) is 29.1. The monoisotopic (exact) mass is 484 g/mol. The molecule has 0 radical (unpaired) electrons. The van der Waals surface area contributed by atoms with Crippen molar-refractivity contribution < 1.29 is 19.0 Å². The van der Waals surface area contributed by atoms with E-state index in [1.54, 1.807) is 36.4 Å². The number of hydrogen-bond donors (Lipinski definition) is 0. The molecular weight excluding hydrogens is 467 g/mol. The van der Waals surface area contributed by atoms with Gasteiger partial charge in [-0.05, 0) is 48.0 Å². The lowest BCUT2D eigenvalue weighted by molar-refractivity contribution is 0.0467. The molecule has 4 aromatic rings. The minimum absolute atomic E-state index is 0.162. The number of fused-ring (bicyclic) bond motifs is 1. The lowest BCUT2D eigenvalue weighted by Gasteiger charge is -2.12. The van der Waals surface area contributed by atoms with Crippen LogP contribution in [-0.2, 0) is 18.0 Å². The standard InChI is InChI=1S/C24H18Cl2N2O5/c1-31-21-10-16(4-8-20(21)32-13-15-2-5-17(25)6-3-15)24(30)33-14-19-11-23(29)28-12-18(26)7-9-22(28)27-19/h2-12H,13-14H2,1H3. The molecular formula is C24H18Cl2N2O5. The summed E-state index contributed by atoms with van der Waals surface area (Å²) >= 11 is 11.8. The molecule has 2 aromatic heterocycles. The molecule has 0 aliphatic heterocycles. The van der Waals surface area contributed by atoms with E-state index in [0.717, 1.165) is 5.56 Å². The maximum Gasteiger partial charge on any atom is 0.338 e. The quantitative estimate of drug-likeness (QED) is 0.345. The fraction of sp³-hybridized carbons (Fsp3) is 0.125. The molecule has 9 heteroatoms. The van der Waals surface area contributed by atoms with Crippen molar-refractivity contribution in [2.75, 3.05) is 7.11 Å². The molecule has 0 saturated heterocycles. The number of carbonyl (C=O) groups excluding carboxylic acids is 1. The summed E-state index contributed by atoms with van der Waals surface area (Å²) in [5, 5.41) is 1.06. The predicted molar refractivity (Wildman–Crippen MR) is 124 cm³/mol. The average Bonchev–Trinajstić information content (AvgIpc) is 2.82. The topological polar surface area (TPSA) is 79.1 Å². The van der Waals surface area contributed by atoms with Crippen LogP contribution in [0.5, 0.6) is 11.5 Å². The summed E-state index contributed by atoms with van der Waals surface area (Å²) in [5.41, 5.74) is 1.62. The van der Waals surface area contributed by atoms with E-state index in [4.69, 9.17) is 37.4 Å². The Morgan fingerprint density at radius 3 is 2.45 bits per heavy atom. The molecule has 2 heterocycles. The third-order valence-corrected chi connectivity index (χ3v) is 5.21. The van der Waals surface area contributed by atoms with Crippen LogP contribution in [-0.4, -0.2) is 22.5 Å². The normalized spacial score (nSPS) is 10.8. The van der Waals surface area contributed by atoms with Gasteiger partial charge in [-0.25, -0.2) is 9.78 Å². The van der Waals surface area contributed by atoms with Gasteiger partial charge in [0, 0.05) is 17.3 Å². The zero-order chi connectivity index (χ0) is 23.4. The Hall–Kier alpha value is -3.55. The molecule has 0 atom stereocenters.